The van der Waals surface area contributed by atoms with E-state index in [-0.39, 0.29) is 36.0 Å². The van der Waals surface area contributed by atoms with Crippen molar-refractivity contribution in [1.29, 1.82) is 0 Å². The molecule has 2 rings (SSSR count). The van der Waals surface area contributed by atoms with E-state index in [4.69, 9.17) is 16.3 Å². The van der Waals surface area contributed by atoms with E-state index in [1.165, 1.54) is 0 Å². The number of sulfonamides is 1. The van der Waals surface area contributed by atoms with Crippen molar-refractivity contribution in [3.8, 4) is 0 Å². The Labute approximate surface area is 157 Å². The van der Waals surface area contributed by atoms with Crippen LogP contribution in [0, 0.1) is 5.82 Å². The Morgan fingerprint density at radius 2 is 1.88 bits per heavy atom. The second kappa shape index (κ2) is 9.12. The smallest absolute Gasteiger partial charge is 0.307 e. The van der Waals surface area contributed by atoms with Gasteiger partial charge in [0, 0.05) is 13.1 Å². The summed E-state index contributed by atoms with van der Waals surface area (Å²) in [5.41, 5.74) is 0.748. The number of nitrogens with zero attached hydrogens (tertiary/aromatic N) is 1. The fraction of sp³-hybridized carbons (Fsp3) is 0.278. The molecule has 0 unspecified atom stereocenters. The summed E-state index contributed by atoms with van der Waals surface area (Å²) in [6.45, 7) is 1.86. The zero-order valence-corrected chi connectivity index (χ0v) is 15.8. The zero-order valence-electron chi connectivity index (χ0n) is 14.2. The molecule has 0 bridgehead atoms. The summed E-state index contributed by atoms with van der Waals surface area (Å²) in [6, 6.07) is 12.0. The van der Waals surface area contributed by atoms with Gasteiger partial charge in [0.1, 0.15) is 10.7 Å². The highest BCUT2D eigenvalue weighted by atomic mass is 35.5. The summed E-state index contributed by atoms with van der Waals surface area (Å²) in [5, 5.41) is -0.209. The van der Waals surface area contributed by atoms with Crippen molar-refractivity contribution in [2.24, 2.45) is 0 Å². The molecule has 0 atom stereocenters. The number of carbonyl (C=O) groups is 1. The van der Waals surface area contributed by atoms with E-state index in [1.807, 2.05) is 6.07 Å². The summed E-state index contributed by atoms with van der Waals surface area (Å²) < 4.78 is 45.3. The molecule has 0 aliphatic carbocycles. The van der Waals surface area contributed by atoms with Crippen LogP contribution in [-0.4, -0.2) is 31.8 Å². The Bertz CT molecular complexity index is 859. The number of carbonyl (C=O) groups excluding carboxylic acids is 1. The van der Waals surface area contributed by atoms with E-state index in [1.54, 1.807) is 31.2 Å². The molecule has 5 nitrogen and oxygen atoms in total. The van der Waals surface area contributed by atoms with Gasteiger partial charge in [-0.15, -0.1) is 0 Å². The van der Waals surface area contributed by atoms with E-state index in [9.17, 15) is 17.6 Å². The van der Waals surface area contributed by atoms with Gasteiger partial charge < -0.3 is 4.74 Å². The predicted octanol–water partition coefficient (Wildman–Crippen LogP) is 3.62. The molecular formula is C18H19ClFNO4S. The molecule has 140 valence electrons. The van der Waals surface area contributed by atoms with Gasteiger partial charge in [0.25, 0.3) is 0 Å². The molecule has 0 aliphatic heterocycles. The summed E-state index contributed by atoms with van der Waals surface area (Å²) in [5.74, 6) is -1.12. The van der Waals surface area contributed by atoms with Gasteiger partial charge in [-0.25, -0.2) is 12.8 Å². The lowest BCUT2D eigenvalue weighted by atomic mass is 10.2. The molecule has 0 aromatic heterocycles. The van der Waals surface area contributed by atoms with Gasteiger partial charge in [-0.3, -0.25) is 4.79 Å². The summed E-state index contributed by atoms with van der Waals surface area (Å²) in [6.07, 6.45) is -0.0985. The molecule has 0 heterocycles. The Kier molecular flexibility index (Phi) is 7.14. The minimum absolute atomic E-state index is 0.0519. The molecule has 0 fully saturated rings. The number of esters is 1. The molecule has 8 heteroatoms. The number of rotatable bonds is 8. The SMILES string of the molecule is CCOC(=O)CCN(Cc1ccccc1)S(=O)(=O)c1ccc(F)cc1Cl. The van der Waals surface area contributed by atoms with Gasteiger partial charge in [-0.2, -0.15) is 4.31 Å². The first kappa shape index (κ1) is 20.4. The van der Waals surface area contributed by atoms with Crippen LogP contribution in [0.2, 0.25) is 5.02 Å². The normalized spacial score (nSPS) is 11.5. The maximum absolute atomic E-state index is 13.3. The first-order valence-corrected chi connectivity index (χ1v) is 9.81. The summed E-state index contributed by atoms with van der Waals surface area (Å²) in [7, 11) is -4.03. The van der Waals surface area contributed by atoms with Crippen molar-refractivity contribution in [1.82, 2.24) is 4.31 Å². The molecule has 2 aromatic carbocycles. The maximum atomic E-state index is 13.3. The minimum atomic E-state index is -4.03. The lowest BCUT2D eigenvalue weighted by molar-refractivity contribution is -0.143. The maximum Gasteiger partial charge on any atom is 0.307 e. The molecule has 0 saturated heterocycles. The van der Waals surface area contributed by atoms with Crippen LogP contribution in [0.25, 0.3) is 0 Å². The van der Waals surface area contributed by atoms with E-state index in [2.05, 4.69) is 0 Å². The fourth-order valence-electron chi connectivity index (χ4n) is 2.34. The van der Waals surface area contributed by atoms with E-state index < -0.39 is 21.8 Å². The predicted molar refractivity (Wildman–Crippen MR) is 96.7 cm³/mol. The van der Waals surface area contributed by atoms with E-state index in [0.717, 1.165) is 28.1 Å². The van der Waals surface area contributed by atoms with Gasteiger partial charge in [-0.1, -0.05) is 41.9 Å². The van der Waals surface area contributed by atoms with Crippen LogP contribution < -0.4 is 0 Å². The molecule has 2 aromatic rings. The third kappa shape index (κ3) is 5.27. The van der Waals surface area contributed by atoms with Crippen molar-refractivity contribution in [3.05, 3.63) is 64.9 Å². The third-order valence-electron chi connectivity index (χ3n) is 3.58. The van der Waals surface area contributed by atoms with Crippen molar-refractivity contribution >= 4 is 27.6 Å². The second-order valence-electron chi connectivity index (χ2n) is 5.45. The molecule has 0 spiro atoms. The lowest BCUT2D eigenvalue weighted by Crippen LogP contribution is -2.33. The van der Waals surface area contributed by atoms with Gasteiger partial charge in [0.05, 0.1) is 18.1 Å². The Morgan fingerprint density at radius 3 is 2.50 bits per heavy atom. The molecule has 0 aliphatic rings. The Morgan fingerprint density at radius 1 is 1.19 bits per heavy atom. The van der Waals surface area contributed by atoms with E-state index in [0.29, 0.717) is 0 Å². The zero-order chi connectivity index (χ0) is 19.2. The van der Waals surface area contributed by atoms with Crippen LogP contribution in [0.4, 0.5) is 4.39 Å². The van der Waals surface area contributed by atoms with Gasteiger partial charge in [0.2, 0.25) is 10.0 Å². The quantitative estimate of drug-likeness (QED) is 0.636. The van der Waals surface area contributed by atoms with Crippen molar-refractivity contribution in [2.45, 2.75) is 24.8 Å². The topological polar surface area (TPSA) is 63.7 Å². The monoisotopic (exact) mass is 399 g/mol. The molecule has 0 amide bonds. The van der Waals surface area contributed by atoms with Crippen molar-refractivity contribution < 1.29 is 22.3 Å². The minimum Gasteiger partial charge on any atom is -0.466 e. The standard InChI is InChI=1S/C18H19ClFNO4S/c1-2-25-18(22)10-11-21(13-14-6-4-3-5-7-14)26(23,24)17-9-8-15(20)12-16(17)19/h3-9,12H,2,10-11,13H2,1H3. The van der Waals surface area contributed by atoms with Crippen molar-refractivity contribution in [2.75, 3.05) is 13.2 Å². The fourth-order valence-corrected chi connectivity index (χ4v) is 4.28. The molecular weight excluding hydrogens is 381 g/mol. The van der Waals surface area contributed by atoms with Crippen molar-refractivity contribution in [3.63, 3.8) is 0 Å². The summed E-state index contributed by atoms with van der Waals surface area (Å²) in [4.78, 5) is 11.4. The van der Waals surface area contributed by atoms with Crippen LogP contribution in [0.5, 0.6) is 0 Å². The lowest BCUT2D eigenvalue weighted by Gasteiger charge is -2.22. The number of hydrogen-bond acceptors (Lipinski definition) is 4. The van der Waals surface area contributed by atoms with Crippen LogP contribution in [-0.2, 0) is 26.1 Å². The van der Waals surface area contributed by atoms with Crippen LogP contribution in [0.3, 0.4) is 0 Å². The molecule has 0 saturated carbocycles. The van der Waals surface area contributed by atoms with Crippen LogP contribution in [0.1, 0.15) is 18.9 Å². The van der Waals surface area contributed by atoms with E-state index >= 15 is 0 Å². The first-order chi connectivity index (χ1) is 12.3. The highest BCUT2D eigenvalue weighted by Crippen LogP contribution is 2.26. The Hall–Kier alpha value is -1.96. The average Bonchev–Trinajstić information content (AvgIpc) is 2.59. The highest BCUT2D eigenvalue weighted by molar-refractivity contribution is 7.89. The Balaban J connectivity index is 2.32. The molecule has 0 radical (unpaired) electrons. The molecule has 0 N–H and O–H groups in total. The number of benzene rings is 2. The third-order valence-corrected chi connectivity index (χ3v) is 5.91. The largest absolute Gasteiger partial charge is 0.466 e. The van der Waals surface area contributed by atoms with Gasteiger partial charge in [0.15, 0.2) is 0 Å². The number of halogens is 2. The van der Waals surface area contributed by atoms with Crippen LogP contribution in [0.15, 0.2) is 53.4 Å². The van der Waals surface area contributed by atoms with Gasteiger partial charge >= 0.3 is 5.97 Å². The number of hydrogen-bond donors (Lipinski definition) is 0. The number of ether oxygens (including phenoxy) is 1. The van der Waals surface area contributed by atoms with Crippen LogP contribution >= 0.6 is 11.6 Å². The first-order valence-electron chi connectivity index (χ1n) is 7.99. The highest BCUT2D eigenvalue weighted by Gasteiger charge is 2.27. The summed E-state index contributed by atoms with van der Waals surface area (Å²) >= 11 is 5.94. The molecule has 26 heavy (non-hydrogen) atoms. The average molecular weight is 400 g/mol. The van der Waals surface area contributed by atoms with Gasteiger partial charge in [-0.05, 0) is 30.7 Å². The second-order valence-corrected chi connectivity index (χ2v) is 7.77.